The maximum atomic E-state index is 4.85. The Hall–Kier alpha value is -3.27. The monoisotopic (exact) mass is 354 g/mol. The van der Waals surface area contributed by atoms with Crippen LogP contribution in [-0.2, 0) is 19.9 Å². The quantitative estimate of drug-likeness (QED) is 0.483. The molecule has 0 unspecified atom stereocenters. The van der Waals surface area contributed by atoms with E-state index >= 15 is 0 Å². The van der Waals surface area contributed by atoms with Crippen molar-refractivity contribution in [1.82, 2.24) is 19.5 Å². The van der Waals surface area contributed by atoms with E-state index in [0.717, 1.165) is 46.4 Å². The van der Waals surface area contributed by atoms with E-state index in [1.54, 1.807) is 6.08 Å². The van der Waals surface area contributed by atoms with Crippen LogP contribution in [0.3, 0.4) is 0 Å². The predicted molar refractivity (Wildman–Crippen MR) is 112 cm³/mol. The van der Waals surface area contributed by atoms with E-state index in [4.69, 9.17) is 9.97 Å². The van der Waals surface area contributed by atoms with E-state index in [1.165, 1.54) is 11.1 Å². The second kappa shape index (κ2) is 7.16. The zero-order valence-corrected chi connectivity index (χ0v) is 15.7. The van der Waals surface area contributed by atoms with Gasteiger partial charge in [0.2, 0.25) is 0 Å². The summed E-state index contributed by atoms with van der Waals surface area (Å²) >= 11 is 0. The molecule has 0 N–H and O–H groups in total. The van der Waals surface area contributed by atoms with Gasteiger partial charge < -0.3 is 4.57 Å². The van der Waals surface area contributed by atoms with E-state index in [-0.39, 0.29) is 0 Å². The highest BCUT2D eigenvalue weighted by Gasteiger charge is 2.12. The number of imidazole rings is 1. The number of fused-ring (bicyclic) bond motifs is 2. The van der Waals surface area contributed by atoms with Crippen molar-refractivity contribution in [3.63, 3.8) is 0 Å². The first-order valence-corrected chi connectivity index (χ1v) is 9.12. The van der Waals surface area contributed by atoms with E-state index in [0.29, 0.717) is 0 Å². The Balaban J connectivity index is 1.66. The molecule has 4 aromatic rings. The standard InChI is InChI=1S/C23H22N4/c1-4-5-8-18-16(2)11-13-21-23(18)27(3)22(26-21)14-12-17-15-24-19-9-6-7-10-20(19)25-17/h4-11,13,15H,1,12,14H2,2-3H3/b8-5-. The number of nitrogens with zero attached hydrogens (tertiary/aromatic N) is 4. The molecule has 2 aromatic heterocycles. The van der Waals surface area contributed by atoms with Crippen LogP contribution in [0.2, 0.25) is 0 Å². The molecule has 27 heavy (non-hydrogen) atoms. The molecular weight excluding hydrogens is 332 g/mol. The van der Waals surface area contributed by atoms with Gasteiger partial charge in [0.1, 0.15) is 5.82 Å². The minimum absolute atomic E-state index is 0.811. The Bertz CT molecular complexity index is 1170. The second-order valence-electron chi connectivity index (χ2n) is 6.70. The molecule has 0 bridgehead atoms. The third-order valence-electron chi connectivity index (χ3n) is 4.89. The van der Waals surface area contributed by atoms with Gasteiger partial charge >= 0.3 is 0 Å². The van der Waals surface area contributed by atoms with Crippen molar-refractivity contribution >= 4 is 28.1 Å². The van der Waals surface area contributed by atoms with Crippen LogP contribution in [0.1, 0.15) is 22.6 Å². The molecule has 0 saturated heterocycles. The highest BCUT2D eigenvalue weighted by Crippen LogP contribution is 2.25. The lowest BCUT2D eigenvalue weighted by Crippen LogP contribution is -2.03. The summed E-state index contributed by atoms with van der Waals surface area (Å²) in [6, 6.07) is 12.2. The van der Waals surface area contributed by atoms with Crippen LogP contribution in [0.15, 0.2) is 61.3 Å². The largest absolute Gasteiger partial charge is 0.331 e. The topological polar surface area (TPSA) is 43.6 Å². The van der Waals surface area contributed by atoms with Gasteiger partial charge in [-0.3, -0.25) is 4.98 Å². The summed E-state index contributed by atoms with van der Waals surface area (Å²) in [7, 11) is 2.08. The molecule has 4 nitrogen and oxygen atoms in total. The Kier molecular flexibility index (Phi) is 4.55. The molecule has 0 aliphatic carbocycles. The van der Waals surface area contributed by atoms with Gasteiger partial charge in [0.05, 0.1) is 27.8 Å². The van der Waals surface area contributed by atoms with Gasteiger partial charge in [-0.15, -0.1) is 0 Å². The fourth-order valence-electron chi connectivity index (χ4n) is 3.44. The number of aryl methyl sites for hydroxylation is 4. The van der Waals surface area contributed by atoms with E-state index in [9.17, 15) is 0 Å². The lowest BCUT2D eigenvalue weighted by molar-refractivity contribution is 0.775. The fraction of sp³-hybridized carbons (Fsp3) is 0.174. The summed E-state index contributed by atoms with van der Waals surface area (Å²) in [5, 5.41) is 0. The summed E-state index contributed by atoms with van der Waals surface area (Å²) in [4.78, 5) is 14.1. The molecule has 2 heterocycles. The van der Waals surface area contributed by atoms with E-state index < -0.39 is 0 Å². The first-order chi connectivity index (χ1) is 13.2. The van der Waals surface area contributed by atoms with Crippen LogP contribution in [0.4, 0.5) is 0 Å². The van der Waals surface area contributed by atoms with Crippen molar-refractivity contribution in [2.75, 3.05) is 0 Å². The predicted octanol–water partition coefficient (Wildman–Crippen LogP) is 4.81. The van der Waals surface area contributed by atoms with Crippen LogP contribution < -0.4 is 0 Å². The van der Waals surface area contributed by atoms with E-state index in [2.05, 4.69) is 48.3 Å². The molecule has 0 radical (unpaired) electrons. The Morgan fingerprint density at radius 3 is 2.63 bits per heavy atom. The van der Waals surface area contributed by atoms with E-state index in [1.807, 2.05) is 36.5 Å². The molecule has 0 spiro atoms. The summed E-state index contributed by atoms with van der Waals surface area (Å²) in [5.74, 6) is 1.05. The molecule has 0 amide bonds. The van der Waals surface area contributed by atoms with Gasteiger partial charge in [-0.2, -0.15) is 0 Å². The number of para-hydroxylation sites is 2. The number of rotatable bonds is 5. The van der Waals surface area contributed by atoms with Crippen LogP contribution in [0, 0.1) is 6.92 Å². The van der Waals surface area contributed by atoms with Crippen molar-refractivity contribution in [2.45, 2.75) is 19.8 Å². The molecular formula is C23H22N4. The van der Waals surface area contributed by atoms with Crippen LogP contribution >= 0.6 is 0 Å². The van der Waals surface area contributed by atoms with Gasteiger partial charge in [0, 0.05) is 25.2 Å². The minimum Gasteiger partial charge on any atom is -0.331 e. The normalized spacial score (nSPS) is 11.6. The molecule has 4 heteroatoms. The van der Waals surface area contributed by atoms with Crippen molar-refractivity contribution in [2.24, 2.45) is 7.05 Å². The Morgan fingerprint density at radius 1 is 1.00 bits per heavy atom. The fourth-order valence-corrected chi connectivity index (χ4v) is 3.44. The summed E-state index contributed by atoms with van der Waals surface area (Å²) in [6.45, 7) is 5.90. The van der Waals surface area contributed by atoms with Gasteiger partial charge in [0.15, 0.2) is 0 Å². The molecule has 0 fully saturated rings. The lowest BCUT2D eigenvalue weighted by Gasteiger charge is -2.07. The minimum atomic E-state index is 0.811. The summed E-state index contributed by atoms with van der Waals surface area (Å²) < 4.78 is 2.19. The van der Waals surface area contributed by atoms with Crippen molar-refractivity contribution in [3.8, 4) is 0 Å². The molecule has 134 valence electrons. The number of benzene rings is 2. The highest BCUT2D eigenvalue weighted by molar-refractivity contribution is 5.87. The number of allylic oxidation sites excluding steroid dienone is 2. The first-order valence-electron chi connectivity index (χ1n) is 9.12. The Morgan fingerprint density at radius 2 is 1.81 bits per heavy atom. The maximum absolute atomic E-state index is 4.85. The third-order valence-corrected chi connectivity index (χ3v) is 4.89. The number of hydrogen-bond acceptors (Lipinski definition) is 3. The van der Waals surface area contributed by atoms with Gasteiger partial charge in [-0.05, 0) is 37.1 Å². The average molecular weight is 354 g/mol. The van der Waals surface area contributed by atoms with Gasteiger partial charge in [-0.1, -0.05) is 43.0 Å². The van der Waals surface area contributed by atoms with Crippen molar-refractivity contribution in [1.29, 1.82) is 0 Å². The van der Waals surface area contributed by atoms with Gasteiger partial charge in [-0.25, -0.2) is 9.97 Å². The van der Waals surface area contributed by atoms with Crippen LogP contribution in [-0.4, -0.2) is 19.5 Å². The molecule has 0 atom stereocenters. The first kappa shape index (κ1) is 17.2. The lowest BCUT2D eigenvalue weighted by atomic mass is 10.1. The smallest absolute Gasteiger partial charge is 0.110 e. The molecule has 0 aliphatic heterocycles. The Labute approximate surface area is 158 Å². The third kappa shape index (κ3) is 3.26. The molecule has 0 aliphatic rings. The van der Waals surface area contributed by atoms with Crippen LogP contribution in [0.25, 0.3) is 28.1 Å². The summed E-state index contributed by atoms with van der Waals surface area (Å²) in [6.07, 6.45) is 9.37. The van der Waals surface area contributed by atoms with Crippen molar-refractivity contribution in [3.05, 3.63) is 84.0 Å². The van der Waals surface area contributed by atoms with Crippen molar-refractivity contribution < 1.29 is 0 Å². The number of hydrogen-bond donors (Lipinski definition) is 0. The zero-order valence-electron chi connectivity index (χ0n) is 15.7. The number of aromatic nitrogens is 4. The SMILES string of the molecule is C=C/C=C\c1c(C)ccc2nc(CCc3cnc4ccccc4n3)n(C)c12. The summed E-state index contributed by atoms with van der Waals surface area (Å²) in [5.41, 5.74) is 7.46. The molecule has 4 rings (SSSR count). The molecule has 0 saturated carbocycles. The molecule has 2 aromatic carbocycles. The second-order valence-corrected chi connectivity index (χ2v) is 6.70. The average Bonchev–Trinajstić information content (AvgIpc) is 3.01. The maximum Gasteiger partial charge on any atom is 0.110 e. The zero-order chi connectivity index (χ0) is 18.8. The van der Waals surface area contributed by atoms with Crippen LogP contribution in [0.5, 0.6) is 0 Å². The highest BCUT2D eigenvalue weighted by atomic mass is 15.1. The van der Waals surface area contributed by atoms with Gasteiger partial charge in [0.25, 0.3) is 0 Å².